The second-order valence-electron chi connectivity index (χ2n) is 9.22. The number of anilines is 1. The second kappa shape index (κ2) is 10.8. The first-order valence-corrected chi connectivity index (χ1v) is 12.5. The molecule has 192 valence electrons. The number of hydrogen-bond acceptors (Lipinski definition) is 6. The molecular weight excluding hydrogens is 472 g/mol. The first-order valence-electron chi connectivity index (χ1n) is 12.5. The fourth-order valence-electron chi connectivity index (χ4n) is 4.87. The van der Waals surface area contributed by atoms with Crippen LogP contribution in [-0.4, -0.2) is 43.3 Å². The van der Waals surface area contributed by atoms with Gasteiger partial charge in [0.2, 0.25) is 5.91 Å². The molecule has 1 aliphatic heterocycles. The van der Waals surface area contributed by atoms with Crippen molar-refractivity contribution in [3.05, 3.63) is 77.9 Å². The Morgan fingerprint density at radius 3 is 2.30 bits per heavy atom. The minimum Gasteiger partial charge on any atom is -0.508 e. The fraction of sp³-hybridized carbons (Fsp3) is 0.310. The average molecular weight is 503 g/mol. The molecule has 0 aromatic heterocycles. The first-order chi connectivity index (χ1) is 18.0. The van der Waals surface area contributed by atoms with E-state index in [1.54, 1.807) is 61.7 Å². The lowest BCUT2D eigenvalue weighted by Gasteiger charge is -2.33. The fourth-order valence-corrected chi connectivity index (χ4v) is 4.87. The number of amides is 2. The van der Waals surface area contributed by atoms with Crippen molar-refractivity contribution in [3.63, 3.8) is 0 Å². The highest BCUT2D eigenvalue weighted by Crippen LogP contribution is 2.35. The van der Waals surface area contributed by atoms with Gasteiger partial charge < -0.3 is 24.6 Å². The molecule has 1 atom stereocenters. The lowest BCUT2D eigenvalue weighted by molar-refractivity contribution is -0.123. The van der Waals surface area contributed by atoms with E-state index in [4.69, 9.17) is 14.2 Å². The maximum Gasteiger partial charge on any atom is 0.259 e. The summed E-state index contributed by atoms with van der Waals surface area (Å²) in [4.78, 5) is 29.5. The number of methoxy groups -OCH3 is 1. The van der Waals surface area contributed by atoms with Crippen LogP contribution in [0.15, 0.2) is 66.7 Å². The van der Waals surface area contributed by atoms with E-state index < -0.39 is 6.04 Å². The summed E-state index contributed by atoms with van der Waals surface area (Å²) in [5.41, 5.74) is 1.47. The Hall–Kier alpha value is -4.20. The number of hydrogen-bond donors (Lipinski definition) is 2. The Morgan fingerprint density at radius 1 is 0.946 bits per heavy atom. The van der Waals surface area contributed by atoms with Crippen molar-refractivity contribution in [2.45, 2.75) is 37.8 Å². The van der Waals surface area contributed by atoms with Gasteiger partial charge in [-0.25, -0.2) is 0 Å². The van der Waals surface area contributed by atoms with Crippen LogP contribution < -0.4 is 24.4 Å². The molecule has 1 fully saturated rings. The molecule has 8 heteroatoms. The van der Waals surface area contributed by atoms with Crippen molar-refractivity contribution in [2.75, 3.05) is 25.2 Å². The number of ether oxygens (including phenoxy) is 3. The number of aromatic hydroxyl groups is 1. The Kier molecular flexibility index (Phi) is 7.16. The summed E-state index contributed by atoms with van der Waals surface area (Å²) in [6.45, 7) is 0.843. The number of nitrogens with zero attached hydrogens (tertiary/aromatic N) is 1. The number of rotatable bonds is 7. The van der Waals surface area contributed by atoms with Crippen molar-refractivity contribution >= 4 is 17.5 Å². The number of nitrogens with one attached hydrogen (secondary N) is 1. The van der Waals surface area contributed by atoms with Gasteiger partial charge in [-0.3, -0.25) is 14.5 Å². The molecule has 37 heavy (non-hydrogen) atoms. The molecule has 0 unspecified atom stereocenters. The number of carbonyl (C=O) groups excluding carboxylic acids is 2. The summed E-state index contributed by atoms with van der Waals surface area (Å²) in [6, 6.07) is 17.5. The topological polar surface area (TPSA) is 97.3 Å². The second-order valence-corrected chi connectivity index (χ2v) is 9.22. The minimum absolute atomic E-state index is 0.0641. The Balaban J connectivity index is 1.59. The summed E-state index contributed by atoms with van der Waals surface area (Å²) in [6.07, 6.45) is 3.94. The maximum absolute atomic E-state index is 14.2. The van der Waals surface area contributed by atoms with Crippen LogP contribution in [0, 0.1) is 0 Å². The summed E-state index contributed by atoms with van der Waals surface area (Å²) in [7, 11) is 1.57. The van der Waals surface area contributed by atoms with Gasteiger partial charge in [0, 0.05) is 17.3 Å². The van der Waals surface area contributed by atoms with Crippen molar-refractivity contribution < 1.29 is 28.9 Å². The van der Waals surface area contributed by atoms with E-state index in [0.29, 0.717) is 47.3 Å². The zero-order chi connectivity index (χ0) is 25.8. The predicted molar refractivity (Wildman–Crippen MR) is 138 cm³/mol. The molecule has 3 aromatic rings. The molecule has 0 bridgehead atoms. The number of phenols is 1. The summed E-state index contributed by atoms with van der Waals surface area (Å²) < 4.78 is 16.6. The highest BCUT2D eigenvalue weighted by atomic mass is 16.6. The van der Waals surface area contributed by atoms with Crippen LogP contribution in [0.5, 0.6) is 23.0 Å². The van der Waals surface area contributed by atoms with E-state index in [0.717, 1.165) is 25.7 Å². The normalized spacial score (nSPS) is 15.6. The van der Waals surface area contributed by atoms with Gasteiger partial charge in [0.05, 0.1) is 7.11 Å². The van der Waals surface area contributed by atoms with Gasteiger partial charge in [0.25, 0.3) is 5.91 Å². The van der Waals surface area contributed by atoms with Crippen LogP contribution in [0.2, 0.25) is 0 Å². The van der Waals surface area contributed by atoms with E-state index in [9.17, 15) is 14.7 Å². The van der Waals surface area contributed by atoms with Crippen LogP contribution in [0.4, 0.5) is 5.69 Å². The van der Waals surface area contributed by atoms with Crippen molar-refractivity contribution in [1.29, 1.82) is 0 Å². The molecule has 2 N–H and O–H groups in total. The molecular formula is C29H30N2O6. The lowest BCUT2D eigenvalue weighted by Crippen LogP contribution is -2.46. The Morgan fingerprint density at radius 2 is 1.62 bits per heavy atom. The molecule has 1 aliphatic carbocycles. The third kappa shape index (κ3) is 5.33. The predicted octanol–water partition coefficient (Wildman–Crippen LogP) is 4.62. The monoisotopic (exact) mass is 502 g/mol. The molecule has 3 aromatic carbocycles. The molecule has 1 saturated carbocycles. The van der Waals surface area contributed by atoms with E-state index in [-0.39, 0.29) is 23.6 Å². The third-order valence-electron chi connectivity index (χ3n) is 6.78. The smallest absolute Gasteiger partial charge is 0.259 e. The highest BCUT2D eigenvalue weighted by molar-refractivity contribution is 6.10. The van der Waals surface area contributed by atoms with Crippen LogP contribution in [-0.2, 0) is 4.79 Å². The number of fused-ring (bicyclic) bond motifs is 1. The Bertz CT molecular complexity index is 1250. The summed E-state index contributed by atoms with van der Waals surface area (Å²) in [5, 5.41) is 13.1. The molecule has 0 radical (unpaired) electrons. The third-order valence-corrected chi connectivity index (χ3v) is 6.78. The maximum atomic E-state index is 14.2. The SMILES string of the molecule is COc1ccc(N(C(=O)c2ccc3c(c2)OCCO3)[C@H](C(=O)NC2CCCC2)c2ccc(O)cc2)cc1. The molecule has 5 rings (SSSR count). The van der Waals surface area contributed by atoms with E-state index in [1.165, 1.54) is 17.0 Å². The quantitative estimate of drug-likeness (QED) is 0.489. The molecule has 2 aliphatic rings. The summed E-state index contributed by atoms with van der Waals surface area (Å²) in [5.74, 6) is 1.12. The largest absolute Gasteiger partial charge is 0.508 e. The standard InChI is InChI=1S/C29H30N2O6/c1-35-24-13-9-22(10-14-24)31(29(34)20-8-15-25-26(18-20)37-17-16-36-25)27(19-6-11-23(32)12-7-19)28(33)30-21-4-2-3-5-21/h6-15,18,21,27,32H,2-5,16-17H2,1H3,(H,30,33)/t27-/m0/s1. The summed E-state index contributed by atoms with van der Waals surface area (Å²) >= 11 is 0. The highest BCUT2D eigenvalue weighted by Gasteiger charge is 2.35. The van der Waals surface area contributed by atoms with Gasteiger partial charge in [0.1, 0.15) is 30.8 Å². The van der Waals surface area contributed by atoms with Gasteiger partial charge in [-0.05, 0) is 73.0 Å². The van der Waals surface area contributed by atoms with E-state index in [1.807, 2.05) is 0 Å². The van der Waals surface area contributed by atoms with E-state index in [2.05, 4.69) is 5.32 Å². The molecule has 0 saturated heterocycles. The van der Waals surface area contributed by atoms with Crippen molar-refractivity contribution in [3.8, 4) is 23.0 Å². The van der Waals surface area contributed by atoms with Crippen LogP contribution in [0.1, 0.15) is 47.6 Å². The number of carbonyl (C=O) groups is 2. The van der Waals surface area contributed by atoms with Gasteiger partial charge >= 0.3 is 0 Å². The molecule has 8 nitrogen and oxygen atoms in total. The zero-order valence-corrected chi connectivity index (χ0v) is 20.7. The number of benzene rings is 3. The Labute approximate surface area is 215 Å². The van der Waals surface area contributed by atoms with Gasteiger partial charge in [-0.1, -0.05) is 25.0 Å². The molecule has 1 heterocycles. The van der Waals surface area contributed by atoms with Gasteiger partial charge in [0.15, 0.2) is 11.5 Å². The zero-order valence-electron chi connectivity index (χ0n) is 20.7. The van der Waals surface area contributed by atoms with Crippen LogP contribution in [0.25, 0.3) is 0 Å². The minimum atomic E-state index is -0.977. The molecule has 2 amide bonds. The van der Waals surface area contributed by atoms with Crippen LogP contribution in [0.3, 0.4) is 0 Å². The van der Waals surface area contributed by atoms with Gasteiger partial charge in [-0.15, -0.1) is 0 Å². The van der Waals surface area contributed by atoms with Gasteiger partial charge in [-0.2, -0.15) is 0 Å². The number of phenolic OH excluding ortho intramolecular Hbond substituents is 1. The lowest BCUT2D eigenvalue weighted by atomic mass is 10.0. The molecule has 0 spiro atoms. The van der Waals surface area contributed by atoms with Crippen molar-refractivity contribution in [2.24, 2.45) is 0 Å². The average Bonchev–Trinajstić information content (AvgIpc) is 3.45. The van der Waals surface area contributed by atoms with Crippen molar-refractivity contribution in [1.82, 2.24) is 5.32 Å². The first kappa shape index (κ1) is 24.5. The van der Waals surface area contributed by atoms with E-state index >= 15 is 0 Å². The van der Waals surface area contributed by atoms with Crippen LogP contribution >= 0.6 is 0 Å².